The molecule has 10 heteroatoms. The van der Waals surface area contributed by atoms with Crippen LogP contribution in [0, 0.1) is 11.6 Å². The highest BCUT2D eigenvalue weighted by Crippen LogP contribution is 2.53. The van der Waals surface area contributed by atoms with Crippen LogP contribution in [0.4, 0.5) is 8.78 Å². The first-order valence-corrected chi connectivity index (χ1v) is 11.2. The Labute approximate surface area is 177 Å². The van der Waals surface area contributed by atoms with Crippen molar-refractivity contribution in [1.82, 2.24) is 4.90 Å². The van der Waals surface area contributed by atoms with E-state index in [0.717, 1.165) is 12.1 Å². The minimum Gasteiger partial charge on any atom is -0.488 e. The number of benzene rings is 2. The van der Waals surface area contributed by atoms with Crippen molar-refractivity contribution < 1.29 is 26.7 Å². The summed E-state index contributed by atoms with van der Waals surface area (Å²) in [5.74, 6) is -2.70. The van der Waals surface area contributed by atoms with Crippen LogP contribution in [0.15, 0.2) is 41.3 Å². The molecule has 2 aromatic rings. The van der Waals surface area contributed by atoms with Gasteiger partial charge in [0.1, 0.15) is 17.2 Å². The number of hydrogen-bond donors (Lipinski definition) is 1. The number of nitrogens with zero attached hydrogens (tertiary/aromatic N) is 1. The van der Waals surface area contributed by atoms with Crippen molar-refractivity contribution in [2.75, 3.05) is 19.7 Å². The third kappa shape index (κ3) is 2.91. The van der Waals surface area contributed by atoms with Gasteiger partial charge in [0.25, 0.3) is 0 Å². The van der Waals surface area contributed by atoms with Gasteiger partial charge in [0.2, 0.25) is 5.91 Å². The standard InChI is InChI=1S/C20H19ClF2N2O4S/c21-12-2-4-13(5-3-12)30(27,28)20-8-1-9-25(17(26)10-24)16(20)11-29-19-15(23)7-6-14(22)18(19)20/h2-7,16H,1,8-11,24H2/t16-,20+/m0/s1. The van der Waals surface area contributed by atoms with Gasteiger partial charge in [-0.05, 0) is 49.2 Å². The van der Waals surface area contributed by atoms with Crippen LogP contribution in [0.3, 0.4) is 0 Å². The minimum absolute atomic E-state index is 0.00624. The van der Waals surface area contributed by atoms with E-state index in [4.69, 9.17) is 22.1 Å². The maximum atomic E-state index is 15.1. The van der Waals surface area contributed by atoms with E-state index in [-0.39, 0.29) is 43.0 Å². The van der Waals surface area contributed by atoms with Crippen molar-refractivity contribution in [2.45, 2.75) is 28.5 Å². The van der Waals surface area contributed by atoms with Gasteiger partial charge in [0, 0.05) is 11.6 Å². The molecule has 0 radical (unpaired) electrons. The number of sulfone groups is 1. The average molecular weight is 457 g/mol. The molecule has 1 fully saturated rings. The SMILES string of the molecule is NCC(=O)N1CCC[C@]2(S(=O)(=O)c3ccc(Cl)cc3)c3c(F)ccc(F)c3OC[C@H]12. The first-order valence-electron chi connectivity index (χ1n) is 9.35. The Morgan fingerprint density at radius 3 is 2.53 bits per heavy atom. The van der Waals surface area contributed by atoms with Crippen LogP contribution >= 0.6 is 11.6 Å². The van der Waals surface area contributed by atoms with E-state index < -0.39 is 43.9 Å². The molecule has 2 aromatic carbocycles. The topological polar surface area (TPSA) is 89.7 Å². The van der Waals surface area contributed by atoms with Crippen molar-refractivity contribution in [3.8, 4) is 5.75 Å². The van der Waals surface area contributed by atoms with E-state index in [0.29, 0.717) is 5.02 Å². The predicted octanol–water partition coefficient (Wildman–Crippen LogP) is 2.63. The molecule has 160 valence electrons. The Morgan fingerprint density at radius 1 is 1.20 bits per heavy atom. The molecule has 2 heterocycles. The monoisotopic (exact) mass is 456 g/mol. The lowest BCUT2D eigenvalue weighted by molar-refractivity contribution is -0.136. The zero-order valence-electron chi connectivity index (χ0n) is 15.8. The summed E-state index contributed by atoms with van der Waals surface area (Å²) in [6, 6.07) is 6.17. The van der Waals surface area contributed by atoms with Crippen LogP contribution in [0.5, 0.6) is 5.75 Å². The quantitative estimate of drug-likeness (QED) is 0.766. The molecule has 0 unspecified atom stereocenters. The second kappa shape index (κ2) is 7.47. The van der Waals surface area contributed by atoms with Gasteiger partial charge < -0.3 is 15.4 Å². The number of carbonyl (C=O) groups excluding carboxylic acids is 1. The molecule has 1 amide bonds. The van der Waals surface area contributed by atoms with Crippen LogP contribution in [0.1, 0.15) is 18.4 Å². The molecule has 0 bridgehead atoms. The van der Waals surface area contributed by atoms with Crippen molar-refractivity contribution in [3.63, 3.8) is 0 Å². The maximum absolute atomic E-state index is 15.1. The molecule has 2 aliphatic rings. The second-order valence-corrected chi connectivity index (χ2v) is 9.95. The largest absolute Gasteiger partial charge is 0.488 e. The molecule has 0 spiro atoms. The lowest BCUT2D eigenvalue weighted by Gasteiger charge is -2.51. The molecule has 0 aromatic heterocycles. The highest BCUT2D eigenvalue weighted by molar-refractivity contribution is 7.92. The number of carbonyl (C=O) groups is 1. The highest BCUT2D eigenvalue weighted by Gasteiger charge is 2.61. The number of hydrogen-bond acceptors (Lipinski definition) is 5. The van der Waals surface area contributed by atoms with Crippen LogP contribution in [0.2, 0.25) is 5.02 Å². The molecule has 0 saturated carbocycles. The lowest BCUT2D eigenvalue weighted by atomic mass is 9.80. The van der Waals surface area contributed by atoms with Gasteiger partial charge in [0.05, 0.1) is 23.0 Å². The fraction of sp³-hybridized carbons (Fsp3) is 0.350. The van der Waals surface area contributed by atoms with E-state index >= 15 is 4.39 Å². The molecular weight excluding hydrogens is 438 g/mol. The fourth-order valence-corrected chi connectivity index (χ4v) is 6.99. The van der Waals surface area contributed by atoms with Crippen molar-refractivity contribution in [1.29, 1.82) is 0 Å². The summed E-state index contributed by atoms with van der Waals surface area (Å²) < 4.78 is 61.2. The molecule has 0 aliphatic carbocycles. The second-order valence-electron chi connectivity index (χ2n) is 7.30. The Balaban J connectivity index is 2.04. The van der Waals surface area contributed by atoms with Crippen molar-refractivity contribution in [3.05, 3.63) is 58.6 Å². The van der Waals surface area contributed by atoms with Crippen molar-refractivity contribution >= 4 is 27.3 Å². The third-order valence-corrected chi connectivity index (χ3v) is 8.61. The smallest absolute Gasteiger partial charge is 0.236 e. The van der Waals surface area contributed by atoms with Gasteiger partial charge in [-0.2, -0.15) is 0 Å². The van der Waals surface area contributed by atoms with Crippen LogP contribution in [-0.2, 0) is 19.4 Å². The Hall–Kier alpha value is -2.23. The lowest BCUT2D eigenvalue weighted by Crippen LogP contribution is -2.65. The van der Waals surface area contributed by atoms with Crippen molar-refractivity contribution in [2.24, 2.45) is 5.73 Å². The van der Waals surface area contributed by atoms with E-state index in [1.54, 1.807) is 0 Å². The predicted molar refractivity (Wildman–Crippen MR) is 106 cm³/mol. The number of fused-ring (bicyclic) bond motifs is 3. The van der Waals surface area contributed by atoms with Gasteiger partial charge >= 0.3 is 0 Å². The summed E-state index contributed by atoms with van der Waals surface area (Å²) in [4.78, 5) is 13.7. The van der Waals surface area contributed by atoms with E-state index in [1.165, 1.54) is 29.2 Å². The molecule has 1 saturated heterocycles. The van der Waals surface area contributed by atoms with Crippen LogP contribution < -0.4 is 10.5 Å². The minimum atomic E-state index is -4.31. The molecule has 2 N–H and O–H groups in total. The zero-order chi connectivity index (χ0) is 21.7. The summed E-state index contributed by atoms with van der Waals surface area (Å²) in [5, 5.41) is 0.330. The Morgan fingerprint density at radius 2 is 1.87 bits per heavy atom. The molecule has 2 atom stereocenters. The number of amides is 1. The summed E-state index contributed by atoms with van der Waals surface area (Å²) in [5.41, 5.74) is 5.14. The van der Waals surface area contributed by atoms with Gasteiger partial charge in [-0.1, -0.05) is 11.6 Å². The average Bonchev–Trinajstić information content (AvgIpc) is 2.74. The number of halogens is 3. The first-order chi connectivity index (χ1) is 14.2. The Kier molecular flexibility index (Phi) is 5.24. The van der Waals surface area contributed by atoms with Gasteiger partial charge in [0.15, 0.2) is 21.4 Å². The summed E-state index contributed by atoms with van der Waals surface area (Å²) in [6.45, 7) is -0.397. The van der Waals surface area contributed by atoms with Crippen LogP contribution in [0.25, 0.3) is 0 Å². The summed E-state index contributed by atoms with van der Waals surface area (Å²) >= 11 is 5.90. The van der Waals surface area contributed by atoms with Gasteiger partial charge in [-0.3, -0.25) is 4.79 Å². The number of ether oxygens (including phenoxy) is 1. The number of rotatable bonds is 3. The molecule has 2 aliphatic heterocycles. The summed E-state index contributed by atoms with van der Waals surface area (Å²) in [7, 11) is -4.31. The molecule has 6 nitrogen and oxygen atoms in total. The summed E-state index contributed by atoms with van der Waals surface area (Å²) in [6.07, 6.45) is 0.262. The number of piperidine rings is 1. The van der Waals surface area contributed by atoms with E-state index in [2.05, 4.69) is 0 Å². The maximum Gasteiger partial charge on any atom is 0.236 e. The number of nitrogens with two attached hydrogens (primary N) is 1. The highest BCUT2D eigenvalue weighted by atomic mass is 35.5. The van der Waals surface area contributed by atoms with Gasteiger partial charge in [-0.15, -0.1) is 0 Å². The third-order valence-electron chi connectivity index (χ3n) is 5.83. The van der Waals surface area contributed by atoms with Gasteiger partial charge in [-0.25, -0.2) is 17.2 Å². The van der Waals surface area contributed by atoms with Crippen LogP contribution in [-0.4, -0.2) is 45.0 Å². The molecule has 4 rings (SSSR count). The molecule has 30 heavy (non-hydrogen) atoms. The van der Waals surface area contributed by atoms with E-state index in [1.807, 2.05) is 0 Å². The normalized spacial score (nSPS) is 23.3. The fourth-order valence-electron chi connectivity index (χ4n) is 4.52. The zero-order valence-corrected chi connectivity index (χ0v) is 17.3. The molecular formula is C20H19ClF2N2O4S. The number of likely N-dealkylation sites (tertiary alicyclic amines) is 1. The van der Waals surface area contributed by atoms with E-state index in [9.17, 15) is 17.6 Å². The first kappa shape index (κ1) is 21.0. The Bertz CT molecular complexity index is 1110.